The molecule has 3 fully saturated rings. The highest BCUT2D eigenvalue weighted by Crippen LogP contribution is 2.51. The number of aromatic nitrogens is 2. The molecule has 1 aliphatic heterocycles. The number of piperazine rings is 1. The highest BCUT2D eigenvalue weighted by Gasteiger charge is 2.48. The smallest absolute Gasteiger partial charge is 0.270 e. The van der Waals surface area contributed by atoms with Crippen LogP contribution in [0.1, 0.15) is 68.4 Å². The lowest BCUT2D eigenvalue weighted by molar-refractivity contribution is -0.135. The molecule has 1 aromatic heterocycles. The van der Waals surface area contributed by atoms with Crippen molar-refractivity contribution in [3.63, 3.8) is 0 Å². The third-order valence-electron chi connectivity index (χ3n) is 9.41. The number of carbonyl (C=O) groups excluding carboxylic acids is 3. The van der Waals surface area contributed by atoms with E-state index in [1.54, 1.807) is 27.9 Å². The van der Waals surface area contributed by atoms with Crippen LogP contribution in [0.3, 0.4) is 0 Å². The first kappa shape index (κ1) is 30.2. The van der Waals surface area contributed by atoms with Crippen LogP contribution in [0.2, 0.25) is 0 Å². The van der Waals surface area contributed by atoms with Gasteiger partial charge in [-0.25, -0.2) is 4.39 Å². The molecule has 228 valence electrons. The predicted molar refractivity (Wildman–Crippen MR) is 158 cm³/mol. The average molecular weight is 582 g/mol. The topological polar surface area (TPSA) is 126 Å². The lowest BCUT2D eigenvalue weighted by atomic mass is 9.88. The van der Waals surface area contributed by atoms with E-state index in [2.05, 4.69) is 27.6 Å². The number of nitrogens with two attached hydrogens (primary N) is 1. The van der Waals surface area contributed by atoms with Gasteiger partial charge in [0.2, 0.25) is 11.8 Å². The summed E-state index contributed by atoms with van der Waals surface area (Å²) >= 11 is 0. The molecule has 3 amide bonds. The summed E-state index contributed by atoms with van der Waals surface area (Å²) in [5, 5.41) is 9.90. The molecule has 1 saturated heterocycles. The summed E-state index contributed by atoms with van der Waals surface area (Å²) in [4.78, 5) is 44.0. The largest absolute Gasteiger partial charge is 0.339 e. The van der Waals surface area contributed by atoms with Gasteiger partial charge in [-0.15, -0.1) is 0 Å². The van der Waals surface area contributed by atoms with Crippen LogP contribution in [0, 0.1) is 23.6 Å². The second-order valence-electron chi connectivity index (χ2n) is 12.4. The summed E-state index contributed by atoms with van der Waals surface area (Å²) in [6.07, 6.45) is 5.68. The van der Waals surface area contributed by atoms with Gasteiger partial charge in [0.1, 0.15) is 17.6 Å². The molecule has 1 aromatic carbocycles. The summed E-state index contributed by atoms with van der Waals surface area (Å²) in [6.45, 7) is 8.32. The number of nitrogens with one attached hydrogen (secondary N) is 2. The fourth-order valence-electron chi connectivity index (χ4n) is 6.23. The Morgan fingerprint density at radius 1 is 1.12 bits per heavy atom. The Hall–Kier alpha value is -3.31. The molecule has 0 bridgehead atoms. The van der Waals surface area contributed by atoms with Crippen LogP contribution < -0.4 is 16.4 Å². The van der Waals surface area contributed by atoms with E-state index in [0.717, 1.165) is 32.2 Å². The highest BCUT2D eigenvalue weighted by molar-refractivity contribution is 6.01. The first-order valence-corrected chi connectivity index (χ1v) is 15.3. The zero-order chi connectivity index (χ0) is 30.1. The van der Waals surface area contributed by atoms with Crippen molar-refractivity contribution in [3.05, 3.63) is 47.5 Å². The highest BCUT2D eigenvalue weighted by atomic mass is 19.1. The lowest BCUT2D eigenvalue weighted by Crippen LogP contribution is -2.56. The Balaban J connectivity index is 1.29. The van der Waals surface area contributed by atoms with E-state index in [1.165, 1.54) is 12.1 Å². The molecule has 2 saturated carbocycles. The van der Waals surface area contributed by atoms with Crippen molar-refractivity contribution in [3.8, 4) is 0 Å². The number of rotatable bonds is 11. The second kappa shape index (κ2) is 12.5. The Morgan fingerprint density at radius 3 is 2.40 bits per heavy atom. The van der Waals surface area contributed by atoms with Crippen molar-refractivity contribution in [2.24, 2.45) is 23.5 Å². The number of hydrogen-bond acceptors (Lipinski definition) is 6. The number of likely N-dealkylation sites (N-methyl/N-ethyl adjacent to an activating group) is 1. The van der Waals surface area contributed by atoms with Crippen molar-refractivity contribution in [2.75, 3.05) is 32.0 Å². The molecule has 2 heterocycles. The number of nitrogens with zero attached hydrogens (tertiary/aromatic N) is 4. The van der Waals surface area contributed by atoms with Gasteiger partial charge in [-0.3, -0.25) is 19.1 Å². The van der Waals surface area contributed by atoms with Gasteiger partial charge < -0.3 is 26.2 Å². The third-order valence-corrected chi connectivity index (χ3v) is 9.41. The van der Waals surface area contributed by atoms with Gasteiger partial charge in [-0.2, -0.15) is 5.10 Å². The maximum Gasteiger partial charge on any atom is 0.270 e. The molecule has 0 unspecified atom stereocenters. The average Bonchev–Trinajstić information content (AvgIpc) is 3.93. The van der Waals surface area contributed by atoms with Crippen LogP contribution in [0.5, 0.6) is 0 Å². The maximum atomic E-state index is 15.4. The minimum absolute atomic E-state index is 0.00982. The molecule has 0 spiro atoms. The van der Waals surface area contributed by atoms with Gasteiger partial charge in [0.25, 0.3) is 5.91 Å². The van der Waals surface area contributed by atoms with Gasteiger partial charge in [0.15, 0.2) is 0 Å². The molecule has 2 aliphatic carbocycles. The number of halogens is 1. The van der Waals surface area contributed by atoms with E-state index in [9.17, 15) is 14.4 Å². The van der Waals surface area contributed by atoms with E-state index in [4.69, 9.17) is 5.73 Å². The van der Waals surface area contributed by atoms with Crippen LogP contribution in [0.4, 0.5) is 10.1 Å². The normalized spacial score (nSPS) is 21.6. The molecule has 5 rings (SSSR count). The fraction of sp³-hybridized carbons (Fsp3) is 0.613. The number of carbonyl (C=O) groups is 3. The summed E-state index contributed by atoms with van der Waals surface area (Å²) in [5.74, 6) is -1.20. The first-order valence-electron chi connectivity index (χ1n) is 15.3. The molecule has 0 radical (unpaired) electrons. The van der Waals surface area contributed by atoms with Crippen molar-refractivity contribution in [2.45, 2.75) is 77.0 Å². The monoisotopic (exact) mass is 581 g/mol. The van der Waals surface area contributed by atoms with Crippen LogP contribution in [-0.2, 0) is 16.1 Å². The number of benzene rings is 1. The standard InChI is InChI=1S/C31H44FN7O3/c1-5-39-25(12-13-34-39)29(40)36-28(26(20-6-7-20)21-8-9-21)30(41)35-24-11-10-22(16-23(24)32)19(3)27(33)31(42)38-15-14-37(4)18(2)17-38/h10-13,16,18-21,26-28H,5-9,14-15,17,33H2,1-4H3,(H,35,41)(H,36,40)/t18-,19+,27-,28+/m1/s1. The van der Waals surface area contributed by atoms with E-state index >= 15 is 4.39 Å². The molecule has 42 heavy (non-hydrogen) atoms. The minimum atomic E-state index is -0.811. The van der Waals surface area contributed by atoms with E-state index < -0.39 is 29.7 Å². The fourth-order valence-corrected chi connectivity index (χ4v) is 6.23. The van der Waals surface area contributed by atoms with Gasteiger partial charge in [0.05, 0.1) is 11.7 Å². The quantitative estimate of drug-likeness (QED) is 0.375. The molecule has 3 aliphatic rings. The summed E-state index contributed by atoms with van der Waals surface area (Å²) in [6, 6.07) is 4.84. The molecule has 10 nitrogen and oxygen atoms in total. The number of amides is 3. The van der Waals surface area contributed by atoms with Crippen LogP contribution >= 0.6 is 0 Å². The predicted octanol–water partition coefficient (Wildman–Crippen LogP) is 2.81. The zero-order valence-electron chi connectivity index (χ0n) is 25.1. The van der Waals surface area contributed by atoms with Gasteiger partial charge in [-0.1, -0.05) is 13.0 Å². The maximum absolute atomic E-state index is 15.4. The van der Waals surface area contributed by atoms with Crippen LogP contribution in [0.15, 0.2) is 30.5 Å². The van der Waals surface area contributed by atoms with E-state index in [0.29, 0.717) is 42.7 Å². The summed E-state index contributed by atoms with van der Waals surface area (Å²) in [5.41, 5.74) is 7.39. The molecule has 11 heteroatoms. The molecular formula is C31H44FN7O3. The molecule has 4 N–H and O–H groups in total. The second-order valence-corrected chi connectivity index (χ2v) is 12.4. The summed E-state index contributed by atoms with van der Waals surface area (Å²) < 4.78 is 17.0. The van der Waals surface area contributed by atoms with Gasteiger partial charge >= 0.3 is 0 Å². The van der Waals surface area contributed by atoms with Crippen molar-refractivity contribution >= 4 is 23.4 Å². The Bertz CT molecular complexity index is 1300. The minimum Gasteiger partial charge on any atom is -0.339 e. The number of aryl methyl sites for hydroxylation is 1. The molecule has 4 atom stereocenters. The van der Waals surface area contributed by atoms with Crippen LogP contribution in [-0.4, -0.2) is 82.1 Å². The SMILES string of the molecule is CCn1nccc1C(=O)N[C@H](C(=O)Nc1ccc([C@H](C)[C@@H](N)C(=O)N2CCN(C)[C@H](C)C2)cc1F)C(C1CC1)C1CC1. The van der Waals surface area contributed by atoms with Crippen molar-refractivity contribution in [1.82, 2.24) is 24.9 Å². The Morgan fingerprint density at radius 2 is 1.81 bits per heavy atom. The van der Waals surface area contributed by atoms with Gasteiger partial charge in [-0.05, 0) is 88.1 Å². The first-order chi connectivity index (χ1) is 20.1. The van der Waals surface area contributed by atoms with E-state index in [1.807, 2.05) is 20.9 Å². The number of anilines is 1. The molecular weight excluding hydrogens is 537 g/mol. The summed E-state index contributed by atoms with van der Waals surface area (Å²) in [7, 11) is 2.04. The van der Waals surface area contributed by atoms with Crippen LogP contribution in [0.25, 0.3) is 0 Å². The Kier molecular flexibility index (Phi) is 8.98. The van der Waals surface area contributed by atoms with Gasteiger partial charge in [0, 0.05) is 44.3 Å². The zero-order valence-corrected chi connectivity index (χ0v) is 25.1. The van der Waals surface area contributed by atoms with Crippen molar-refractivity contribution in [1.29, 1.82) is 0 Å². The lowest BCUT2D eigenvalue weighted by Gasteiger charge is -2.39. The Labute approximate surface area is 247 Å². The van der Waals surface area contributed by atoms with E-state index in [-0.39, 0.29) is 29.5 Å². The van der Waals surface area contributed by atoms with Crippen molar-refractivity contribution < 1.29 is 18.8 Å². The molecule has 2 aromatic rings. The number of hydrogen-bond donors (Lipinski definition) is 3. The third kappa shape index (κ3) is 6.52.